The molecule has 1 atom stereocenters. The third-order valence-corrected chi connectivity index (χ3v) is 5.29. The molecular weight excluding hydrogens is 348 g/mol. The molecule has 21 heavy (non-hydrogen) atoms. The molecule has 0 bridgehead atoms. The highest BCUT2D eigenvalue weighted by atomic mass is 79.9. The van der Waals surface area contributed by atoms with Crippen molar-refractivity contribution in [3.63, 3.8) is 0 Å². The molecular formula is C16H15BrN2OS. The summed E-state index contributed by atoms with van der Waals surface area (Å²) in [7, 11) is 0. The molecule has 5 heteroatoms. The first-order valence-corrected chi connectivity index (χ1v) is 8.74. The van der Waals surface area contributed by atoms with Crippen molar-refractivity contribution in [1.82, 2.24) is 0 Å². The summed E-state index contributed by atoms with van der Waals surface area (Å²) >= 11 is 4.99. The van der Waals surface area contributed by atoms with Gasteiger partial charge in [-0.1, -0.05) is 64.1 Å². The van der Waals surface area contributed by atoms with E-state index in [-0.39, 0.29) is 0 Å². The van der Waals surface area contributed by atoms with Crippen LogP contribution in [0.5, 0.6) is 0 Å². The molecule has 0 radical (unpaired) electrons. The lowest BCUT2D eigenvalue weighted by Crippen LogP contribution is -2.49. The summed E-state index contributed by atoms with van der Waals surface area (Å²) in [5, 5.41) is 12.1. The molecule has 1 unspecified atom stereocenters. The fourth-order valence-corrected chi connectivity index (χ4v) is 4.09. The van der Waals surface area contributed by atoms with E-state index in [2.05, 4.69) is 20.9 Å². The predicted molar refractivity (Wildman–Crippen MR) is 93.7 cm³/mol. The smallest absolute Gasteiger partial charge is 0.171 e. The van der Waals surface area contributed by atoms with Gasteiger partial charge < -0.3 is 5.11 Å². The van der Waals surface area contributed by atoms with E-state index in [1.165, 1.54) is 0 Å². The van der Waals surface area contributed by atoms with Gasteiger partial charge in [0.25, 0.3) is 0 Å². The number of halogens is 1. The minimum atomic E-state index is -0.959. The second-order valence-electron chi connectivity index (χ2n) is 4.81. The number of hydrogen-bond acceptors (Lipinski definition) is 3. The van der Waals surface area contributed by atoms with Crippen molar-refractivity contribution in [1.29, 1.82) is 0 Å². The van der Waals surface area contributed by atoms with Crippen LogP contribution in [0, 0.1) is 0 Å². The van der Waals surface area contributed by atoms with Crippen LogP contribution in [0.2, 0.25) is 0 Å². The molecule has 2 aromatic carbocycles. The van der Waals surface area contributed by atoms with Crippen molar-refractivity contribution in [2.24, 2.45) is 4.99 Å². The topological polar surface area (TPSA) is 35.8 Å². The van der Waals surface area contributed by atoms with E-state index in [9.17, 15) is 5.11 Å². The van der Waals surface area contributed by atoms with Gasteiger partial charge in [-0.05, 0) is 24.3 Å². The maximum Gasteiger partial charge on any atom is 0.171 e. The molecule has 1 heterocycles. The number of alkyl halides is 1. The maximum absolute atomic E-state index is 10.8. The van der Waals surface area contributed by atoms with Crippen LogP contribution >= 0.6 is 27.7 Å². The third kappa shape index (κ3) is 3.00. The van der Waals surface area contributed by atoms with E-state index in [0.717, 1.165) is 16.5 Å². The number of thioether (sulfide) groups is 1. The number of aliphatic imine (C=N–C) groups is 1. The Morgan fingerprint density at radius 2 is 1.71 bits per heavy atom. The number of nitrogens with zero attached hydrogens (tertiary/aromatic N) is 2. The van der Waals surface area contributed by atoms with Gasteiger partial charge in [-0.15, -0.1) is 0 Å². The van der Waals surface area contributed by atoms with E-state index in [1.807, 2.05) is 65.6 Å². The molecule has 3 rings (SSSR count). The summed E-state index contributed by atoms with van der Waals surface area (Å²) in [6.45, 7) is 0. The molecule has 1 saturated heterocycles. The van der Waals surface area contributed by atoms with Gasteiger partial charge in [-0.3, -0.25) is 4.90 Å². The highest BCUT2D eigenvalue weighted by Crippen LogP contribution is 2.38. The third-order valence-electron chi connectivity index (χ3n) is 3.25. The van der Waals surface area contributed by atoms with E-state index in [0.29, 0.717) is 11.1 Å². The quantitative estimate of drug-likeness (QED) is 0.837. The second-order valence-corrected chi connectivity index (χ2v) is 6.31. The van der Waals surface area contributed by atoms with Gasteiger partial charge in [0, 0.05) is 5.69 Å². The first kappa shape index (κ1) is 14.6. The van der Waals surface area contributed by atoms with Gasteiger partial charge in [0.15, 0.2) is 10.9 Å². The zero-order chi connectivity index (χ0) is 14.7. The monoisotopic (exact) mass is 362 g/mol. The molecule has 1 aliphatic rings. The van der Waals surface area contributed by atoms with Crippen LogP contribution in [0.4, 0.5) is 11.4 Å². The van der Waals surface area contributed by atoms with Crippen molar-refractivity contribution in [2.75, 3.05) is 16.0 Å². The Balaban J connectivity index is 2.03. The molecule has 3 nitrogen and oxygen atoms in total. The molecule has 0 aromatic heterocycles. The standard InChI is InChI=1S/C16H15BrN2OS/c17-11-16(20)12-21-15(18-13-7-3-1-4-8-13)19(16)14-9-5-2-6-10-14/h1-10,20H,11-12H2. The summed E-state index contributed by atoms with van der Waals surface area (Å²) in [6, 6.07) is 19.7. The van der Waals surface area contributed by atoms with Gasteiger partial charge in [-0.2, -0.15) is 0 Å². The Hall–Kier alpha value is -1.30. The van der Waals surface area contributed by atoms with Crippen molar-refractivity contribution in [3.05, 3.63) is 60.7 Å². The van der Waals surface area contributed by atoms with Crippen molar-refractivity contribution >= 4 is 44.2 Å². The van der Waals surface area contributed by atoms with Gasteiger partial charge in [0.2, 0.25) is 0 Å². The van der Waals surface area contributed by atoms with Crippen LogP contribution in [0.25, 0.3) is 0 Å². The summed E-state index contributed by atoms with van der Waals surface area (Å²) < 4.78 is 0. The number of hydrogen-bond donors (Lipinski definition) is 1. The zero-order valence-electron chi connectivity index (χ0n) is 11.3. The van der Waals surface area contributed by atoms with Gasteiger partial charge in [-0.25, -0.2) is 4.99 Å². The Kier molecular flexibility index (Phi) is 4.33. The average Bonchev–Trinajstić information content (AvgIpc) is 2.86. The largest absolute Gasteiger partial charge is 0.369 e. The average molecular weight is 363 g/mol. The number of rotatable bonds is 3. The normalized spacial score (nSPS) is 23.7. The number of aliphatic hydroxyl groups is 1. The molecule has 1 N–H and O–H groups in total. The minimum absolute atomic E-state index is 0.468. The van der Waals surface area contributed by atoms with Crippen LogP contribution in [0.1, 0.15) is 0 Å². The van der Waals surface area contributed by atoms with Crippen LogP contribution in [0.3, 0.4) is 0 Å². The minimum Gasteiger partial charge on any atom is -0.369 e. The summed E-state index contributed by atoms with van der Waals surface area (Å²) in [6.07, 6.45) is 0. The predicted octanol–water partition coefficient (Wildman–Crippen LogP) is 4.01. The van der Waals surface area contributed by atoms with Crippen molar-refractivity contribution in [2.45, 2.75) is 5.72 Å². The van der Waals surface area contributed by atoms with Crippen molar-refractivity contribution < 1.29 is 5.11 Å². The molecule has 0 spiro atoms. The molecule has 0 aliphatic carbocycles. The first-order valence-electron chi connectivity index (χ1n) is 6.63. The molecule has 1 aliphatic heterocycles. The highest BCUT2D eigenvalue weighted by molar-refractivity contribution is 9.09. The van der Waals surface area contributed by atoms with Crippen LogP contribution in [0.15, 0.2) is 65.7 Å². The van der Waals surface area contributed by atoms with E-state index in [1.54, 1.807) is 11.8 Å². The van der Waals surface area contributed by atoms with E-state index >= 15 is 0 Å². The van der Waals surface area contributed by atoms with Gasteiger partial charge >= 0.3 is 0 Å². The molecule has 1 fully saturated rings. The van der Waals surface area contributed by atoms with E-state index < -0.39 is 5.72 Å². The Morgan fingerprint density at radius 1 is 1.10 bits per heavy atom. The Bertz CT molecular complexity index is 635. The molecule has 0 amide bonds. The zero-order valence-corrected chi connectivity index (χ0v) is 13.7. The van der Waals surface area contributed by atoms with Crippen LogP contribution in [-0.2, 0) is 0 Å². The number of benzene rings is 2. The molecule has 0 saturated carbocycles. The SMILES string of the molecule is OC1(CBr)CSC(=Nc2ccccc2)N1c1ccccc1. The van der Waals surface area contributed by atoms with Crippen LogP contribution < -0.4 is 4.90 Å². The number of amidine groups is 1. The van der Waals surface area contributed by atoms with E-state index in [4.69, 9.17) is 0 Å². The fraction of sp³-hybridized carbons (Fsp3) is 0.188. The summed E-state index contributed by atoms with van der Waals surface area (Å²) in [5.74, 6) is 0.582. The second kappa shape index (κ2) is 6.22. The molecule has 108 valence electrons. The van der Waals surface area contributed by atoms with Crippen molar-refractivity contribution in [3.8, 4) is 0 Å². The Labute approximate surface area is 136 Å². The molecule has 2 aromatic rings. The maximum atomic E-state index is 10.8. The summed E-state index contributed by atoms with van der Waals surface area (Å²) in [4.78, 5) is 6.59. The summed E-state index contributed by atoms with van der Waals surface area (Å²) in [5.41, 5.74) is 0.874. The lowest BCUT2D eigenvalue weighted by Gasteiger charge is -2.32. The van der Waals surface area contributed by atoms with Gasteiger partial charge in [0.1, 0.15) is 0 Å². The van der Waals surface area contributed by atoms with Gasteiger partial charge in [0.05, 0.1) is 16.8 Å². The first-order chi connectivity index (χ1) is 10.2. The lowest BCUT2D eigenvalue weighted by molar-refractivity contribution is 0.106. The number of para-hydroxylation sites is 2. The highest BCUT2D eigenvalue weighted by Gasteiger charge is 2.43. The lowest BCUT2D eigenvalue weighted by atomic mass is 10.2. The van der Waals surface area contributed by atoms with Crippen LogP contribution in [-0.4, -0.2) is 27.1 Å². The Morgan fingerprint density at radius 3 is 2.33 bits per heavy atom. The fourth-order valence-electron chi connectivity index (χ4n) is 2.21. The number of anilines is 1.